The first-order valence-electron chi connectivity index (χ1n) is 8.16. The van der Waals surface area contributed by atoms with Crippen LogP contribution in [0.2, 0.25) is 0 Å². The average Bonchev–Trinajstić information content (AvgIpc) is 2.62. The molecule has 3 rings (SSSR count). The van der Waals surface area contributed by atoms with E-state index in [1.54, 1.807) is 47.4 Å². The molecule has 7 heteroatoms. The molecule has 1 aliphatic rings. The van der Waals surface area contributed by atoms with Crippen LogP contribution in [0.25, 0.3) is 0 Å². The Balaban J connectivity index is 1.79. The molecule has 0 aromatic heterocycles. The summed E-state index contributed by atoms with van der Waals surface area (Å²) < 4.78 is 27.4. The van der Waals surface area contributed by atoms with Crippen LogP contribution in [-0.2, 0) is 10.0 Å². The number of sulfonamides is 1. The SMILES string of the molecule is CC1CN(C(=O)c2cccc(NS(=O)(=O)c3ccccc3)c2)CCN1. The summed E-state index contributed by atoms with van der Waals surface area (Å²) in [7, 11) is -3.67. The van der Waals surface area contributed by atoms with Crippen molar-refractivity contribution in [1.82, 2.24) is 10.2 Å². The minimum Gasteiger partial charge on any atom is -0.336 e. The lowest BCUT2D eigenvalue weighted by Crippen LogP contribution is -2.51. The highest BCUT2D eigenvalue weighted by Gasteiger charge is 2.22. The normalized spacial score (nSPS) is 18.0. The number of carbonyl (C=O) groups excluding carboxylic acids is 1. The van der Waals surface area contributed by atoms with Crippen LogP contribution in [0.5, 0.6) is 0 Å². The van der Waals surface area contributed by atoms with Gasteiger partial charge in [0.15, 0.2) is 0 Å². The molecule has 0 bridgehead atoms. The fraction of sp³-hybridized carbons (Fsp3) is 0.278. The van der Waals surface area contributed by atoms with Crippen molar-refractivity contribution in [3.63, 3.8) is 0 Å². The molecule has 2 N–H and O–H groups in total. The van der Waals surface area contributed by atoms with E-state index in [0.717, 1.165) is 6.54 Å². The van der Waals surface area contributed by atoms with Crippen LogP contribution in [0.3, 0.4) is 0 Å². The second-order valence-electron chi connectivity index (χ2n) is 6.11. The second kappa shape index (κ2) is 7.25. The lowest BCUT2D eigenvalue weighted by molar-refractivity contribution is 0.0709. The van der Waals surface area contributed by atoms with Crippen LogP contribution in [0.15, 0.2) is 59.5 Å². The molecule has 1 heterocycles. The zero-order valence-corrected chi connectivity index (χ0v) is 14.8. The van der Waals surface area contributed by atoms with Gasteiger partial charge in [0.05, 0.1) is 4.90 Å². The number of rotatable bonds is 4. The van der Waals surface area contributed by atoms with E-state index in [2.05, 4.69) is 10.0 Å². The lowest BCUT2D eigenvalue weighted by Gasteiger charge is -2.32. The number of nitrogens with zero attached hydrogens (tertiary/aromatic N) is 1. The molecule has 2 aromatic rings. The highest BCUT2D eigenvalue weighted by Crippen LogP contribution is 2.18. The first kappa shape index (κ1) is 17.4. The maximum atomic E-state index is 12.7. The Labute approximate surface area is 147 Å². The summed E-state index contributed by atoms with van der Waals surface area (Å²) in [5.41, 5.74) is 0.847. The standard InChI is InChI=1S/C18H21N3O3S/c1-14-13-21(11-10-19-14)18(22)15-6-5-7-16(12-15)20-25(23,24)17-8-3-2-4-9-17/h2-9,12,14,19-20H,10-11,13H2,1H3. The number of anilines is 1. The van der Waals surface area contributed by atoms with Gasteiger partial charge < -0.3 is 10.2 Å². The van der Waals surface area contributed by atoms with Crippen LogP contribution in [0.1, 0.15) is 17.3 Å². The van der Waals surface area contributed by atoms with Gasteiger partial charge in [-0.2, -0.15) is 0 Å². The Hall–Kier alpha value is -2.38. The summed E-state index contributed by atoms with van der Waals surface area (Å²) in [6.45, 7) is 4.07. The molecule has 0 radical (unpaired) electrons. The van der Waals surface area contributed by atoms with Crippen molar-refractivity contribution in [2.75, 3.05) is 24.4 Å². The first-order chi connectivity index (χ1) is 12.0. The summed E-state index contributed by atoms with van der Waals surface area (Å²) >= 11 is 0. The third-order valence-corrected chi connectivity index (χ3v) is 5.47. The smallest absolute Gasteiger partial charge is 0.261 e. The molecule has 25 heavy (non-hydrogen) atoms. The minimum atomic E-state index is -3.67. The molecule has 1 amide bonds. The third-order valence-electron chi connectivity index (χ3n) is 4.07. The minimum absolute atomic E-state index is 0.0888. The molecule has 6 nitrogen and oxygen atoms in total. The summed E-state index contributed by atoms with van der Waals surface area (Å²) in [5, 5.41) is 3.29. The van der Waals surface area contributed by atoms with Gasteiger partial charge in [-0.05, 0) is 37.3 Å². The highest BCUT2D eigenvalue weighted by atomic mass is 32.2. The van der Waals surface area contributed by atoms with Gasteiger partial charge in [0.2, 0.25) is 0 Å². The summed E-state index contributed by atoms with van der Waals surface area (Å²) in [6.07, 6.45) is 0. The number of nitrogens with one attached hydrogen (secondary N) is 2. The number of hydrogen-bond donors (Lipinski definition) is 2. The molecule has 1 aliphatic heterocycles. The van der Waals surface area contributed by atoms with Crippen molar-refractivity contribution in [3.8, 4) is 0 Å². The Kier molecular flexibility index (Phi) is 5.06. The molecule has 0 saturated carbocycles. The van der Waals surface area contributed by atoms with Crippen molar-refractivity contribution < 1.29 is 13.2 Å². The lowest BCUT2D eigenvalue weighted by atomic mass is 10.1. The van der Waals surface area contributed by atoms with E-state index in [4.69, 9.17) is 0 Å². The Morgan fingerprint density at radius 2 is 1.92 bits per heavy atom. The first-order valence-corrected chi connectivity index (χ1v) is 9.64. The van der Waals surface area contributed by atoms with Crippen LogP contribution < -0.4 is 10.0 Å². The van der Waals surface area contributed by atoms with E-state index in [9.17, 15) is 13.2 Å². The van der Waals surface area contributed by atoms with Gasteiger partial charge >= 0.3 is 0 Å². The van der Waals surface area contributed by atoms with E-state index in [1.807, 2.05) is 6.92 Å². The molecular formula is C18H21N3O3S. The van der Waals surface area contributed by atoms with Gasteiger partial charge in [-0.3, -0.25) is 9.52 Å². The molecule has 1 saturated heterocycles. The Morgan fingerprint density at radius 1 is 1.16 bits per heavy atom. The summed E-state index contributed by atoms with van der Waals surface area (Å²) in [4.78, 5) is 14.6. The maximum Gasteiger partial charge on any atom is 0.261 e. The summed E-state index contributed by atoms with van der Waals surface area (Å²) in [6, 6.07) is 15.0. The predicted octanol–water partition coefficient (Wildman–Crippen LogP) is 1.92. The second-order valence-corrected chi connectivity index (χ2v) is 7.79. The number of amides is 1. The molecule has 0 aliphatic carbocycles. The summed E-state index contributed by atoms with van der Waals surface area (Å²) in [5.74, 6) is -0.0888. The molecule has 1 fully saturated rings. The van der Waals surface area contributed by atoms with E-state index in [0.29, 0.717) is 24.3 Å². The third kappa shape index (κ3) is 4.18. The zero-order valence-electron chi connectivity index (χ0n) is 14.0. The largest absolute Gasteiger partial charge is 0.336 e. The van der Waals surface area contributed by atoms with Gasteiger partial charge in [-0.15, -0.1) is 0 Å². The van der Waals surface area contributed by atoms with Crippen molar-refractivity contribution in [2.45, 2.75) is 17.9 Å². The number of piperazine rings is 1. The quantitative estimate of drug-likeness (QED) is 0.874. The topological polar surface area (TPSA) is 78.5 Å². The maximum absolute atomic E-state index is 12.7. The van der Waals surface area contributed by atoms with E-state index < -0.39 is 10.0 Å². The van der Waals surface area contributed by atoms with Crippen molar-refractivity contribution in [1.29, 1.82) is 0 Å². The zero-order chi connectivity index (χ0) is 17.9. The van der Waals surface area contributed by atoms with Gasteiger partial charge in [-0.1, -0.05) is 24.3 Å². The van der Waals surface area contributed by atoms with Crippen molar-refractivity contribution in [3.05, 3.63) is 60.2 Å². The molecule has 1 unspecified atom stereocenters. The van der Waals surface area contributed by atoms with Crippen LogP contribution >= 0.6 is 0 Å². The van der Waals surface area contributed by atoms with E-state index in [-0.39, 0.29) is 16.8 Å². The Bertz CT molecular complexity index is 853. The van der Waals surface area contributed by atoms with E-state index >= 15 is 0 Å². The molecular weight excluding hydrogens is 338 g/mol. The number of hydrogen-bond acceptors (Lipinski definition) is 4. The number of carbonyl (C=O) groups is 1. The van der Waals surface area contributed by atoms with Crippen molar-refractivity contribution >= 4 is 21.6 Å². The van der Waals surface area contributed by atoms with Crippen LogP contribution in [0, 0.1) is 0 Å². The van der Waals surface area contributed by atoms with E-state index in [1.165, 1.54) is 12.1 Å². The van der Waals surface area contributed by atoms with Crippen LogP contribution in [0.4, 0.5) is 5.69 Å². The molecule has 132 valence electrons. The number of benzene rings is 2. The van der Waals surface area contributed by atoms with Gasteiger partial charge in [-0.25, -0.2) is 8.42 Å². The van der Waals surface area contributed by atoms with Crippen molar-refractivity contribution in [2.24, 2.45) is 0 Å². The average molecular weight is 359 g/mol. The fourth-order valence-electron chi connectivity index (χ4n) is 2.83. The molecule has 1 atom stereocenters. The predicted molar refractivity (Wildman–Crippen MR) is 97.1 cm³/mol. The molecule has 2 aromatic carbocycles. The fourth-order valence-corrected chi connectivity index (χ4v) is 3.90. The molecule has 0 spiro atoms. The monoisotopic (exact) mass is 359 g/mol. The van der Waals surface area contributed by atoms with Crippen LogP contribution in [-0.4, -0.2) is 44.9 Å². The van der Waals surface area contributed by atoms with Gasteiger partial charge in [0.25, 0.3) is 15.9 Å². The van der Waals surface area contributed by atoms with Gasteiger partial charge in [0.1, 0.15) is 0 Å². The Morgan fingerprint density at radius 3 is 2.64 bits per heavy atom. The highest BCUT2D eigenvalue weighted by molar-refractivity contribution is 7.92. The van der Waals surface area contributed by atoms with Gasteiger partial charge in [0, 0.05) is 36.9 Å².